The maximum Gasteiger partial charge on any atom is 0.297 e. The number of hydrogen-bond acceptors (Lipinski definition) is 10. The molecule has 0 unspecified atom stereocenters. The van der Waals surface area contributed by atoms with Crippen molar-refractivity contribution in [3.8, 4) is 5.75 Å². The van der Waals surface area contributed by atoms with E-state index in [0.29, 0.717) is 5.39 Å². The summed E-state index contributed by atoms with van der Waals surface area (Å²) in [6, 6.07) is 11.1. The van der Waals surface area contributed by atoms with Crippen LogP contribution in [-0.2, 0) is 30.4 Å². The number of azo groups is 1. The van der Waals surface area contributed by atoms with Gasteiger partial charge in [0, 0.05) is 16.5 Å². The number of anilines is 1. The summed E-state index contributed by atoms with van der Waals surface area (Å²) in [4.78, 5) is -2.39. The van der Waals surface area contributed by atoms with E-state index < -0.39 is 67.9 Å². The molecule has 0 aromatic heterocycles. The molecule has 16 heteroatoms. The molecule has 0 aliphatic rings. The second-order valence-electron chi connectivity index (χ2n) is 7.44. The first kappa shape index (κ1) is 25.4. The lowest BCUT2D eigenvalue weighted by Crippen LogP contribution is -2.03. The smallest absolute Gasteiger partial charge is 0.297 e. The number of phenolic OH excluding ortho intramolecular Hbond substituents is 1. The minimum atomic E-state index is -5.12. The summed E-state index contributed by atoms with van der Waals surface area (Å²) in [5, 5.41) is 18.0. The topological polar surface area (TPSA) is 234 Å². The highest BCUT2D eigenvalue weighted by Crippen LogP contribution is 2.45. The van der Waals surface area contributed by atoms with E-state index in [1.165, 1.54) is 24.3 Å². The molecule has 0 spiro atoms. The molecule has 0 aliphatic carbocycles. The molecule has 4 aromatic carbocycles. The molecule has 0 bridgehead atoms. The van der Waals surface area contributed by atoms with Gasteiger partial charge in [0.1, 0.15) is 21.2 Å². The number of nitrogen functional groups attached to an aromatic ring is 1. The zero-order valence-electron chi connectivity index (χ0n) is 17.6. The fourth-order valence-corrected chi connectivity index (χ4v) is 5.67. The second kappa shape index (κ2) is 8.47. The predicted molar refractivity (Wildman–Crippen MR) is 128 cm³/mol. The Morgan fingerprint density at radius 2 is 1.39 bits per heavy atom. The van der Waals surface area contributed by atoms with E-state index in [-0.39, 0.29) is 16.2 Å². The Balaban J connectivity index is 2.04. The molecule has 0 radical (unpaired) electrons. The van der Waals surface area contributed by atoms with Crippen molar-refractivity contribution in [2.24, 2.45) is 10.2 Å². The van der Waals surface area contributed by atoms with Crippen molar-refractivity contribution >= 4 is 69.0 Å². The van der Waals surface area contributed by atoms with E-state index in [9.17, 15) is 44.0 Å². The van der Waals surface area contributed by atoms with Crippen LogP contribution in [0.3, 0.4) is 0 Å². The van der Waals surface area contributed by atoms with Crippen LogP contribution in [0.15, 0.2) is 79.5 Å². The second-order valence-corrected chi connectivity index (χ2v) is 11.6. The highest BCUT2D eigenvalue weighted by molar-refractivity contribution is 7.86. The zero-order chi connectivity index (χ0) is 26.6. The van der Waals surface area contributed by atoms with Crippen LogP contribution in [0.4, 0.5) is 17.1 Å². The molecule has 6 N–H and O–H groups in total. The summed E-state index contributed by atoms with van der Waals surface area (Å²) >= 11 is 0. The monoisotopic (exact) mass is 553 g/mol. The molecule has 0 saturated carbocycles. The van der Waals surface area contributed by atoms with Gasteiger partial charge in [0.2, 0.25) is 0 Å². The Kier molecular flexibility index (Phi) is 5.98. The molecule has 36 heavy (non-hydrogen) atoms. The summed E-state index contributed by atoms with van der Waals surface area (Å²) in [6.07, 6.45) is 0. The number of hydrogen-bond donors (Lipinski definition) is 5. The van der Waals surface area contributed by atoms with Gasteiger partial charge in [-0.1, -0.05) is 30.3 Å². The highest BCUT2D eigenvalue weighted by atomic mass is 32.2. The molecule has 4 aromatic rings. The molecule has 0 atom stereocenters. The maximum atomic E-state index is 12.1. The van der Waals surface area contributed by atoms with E-state index in [0.717, 1.165) is 18.2 Å². The van der Waals surface area contributed by atoms with E-state index in [1.807, 2.05) is 0 Å². The number of aromatic hydroxyl groups is 1. The van der Waals surface area contributed by atoms with Gasteiger partial charge in [-0.05, 0) is 35.0 Å². The average molecular weight is 554 g/mol. The zero-order valence-corrected chi connectivity index (χ0v) is 20.1. The van der Waals surface area contributed by atoms with Gasteiger partial charge < -0.3 is 10.8 Å². The number of nitrogens with two attached hydrogens (primary N) is 1. The normalized spacial score (nSPS) is 13.1. The van der Waals surface area contributed by atoms with Gasteiger partial charge in [-0.2, -0.15) is 25.3 Å². The molecule has 0 saturated heterocycles. The molecular weight excluding hydrogens is 538 g/mol. The Labute approximate surface area is 203 Å². The van der Waals surface area contributed by atoms with Crippen molar-refractivity contribution in [2.75, 3.05) is 5.73 Å². The minimum Gasteiger partial charge on any atom is -0.505 e. The van der Waals surface area contributed by atoms with Crippen LogP contribution in [-0.4, -0.2) is 44.0 Å². The molecule has 13 nitrogen and oxygen atoms in total. The Hall–Kier alpha value is -3.67. The van der Waals surface area contributed by atoms with Crippen molar-refractivity contribution < 1.29 is 44.0 Å². The number of nitrogens with zero attached hydrogens (tertiary/aromatic N) is 2. The number of fused-ring (bicyclic) bond motifs is 2. The van der Waals surface area contributed by atoms with Crippen LogP contribution < -0.4 is 5.73 Å². The Morgan fingerprint density at radius 1 is 0.722 bits per heavy atom. The van der Waals surface area contributed by atoms with Gasteiger partial charge in [0.15, 0.2) is 5.75 Å². The summed E-state index contributed by atoms with van der Waals surface area (Å²) < 4.78 is 100.0. The van der Waals surface area contributed by atoms with Gasteiger partial charge in [0.05, 0.1) is 4.90 Å². The van der Waals surface area contributed by atoms with Crippen LogP contribution in [0.2, 0.25) is 0 Å². The van der Waals surface area contributed by atoms with Gasteiger partial charge in [-0.15, -0.1) is 10.2 Å². The van der Waals surface area contributed by atoms with Crippen LogP contribution >= 0.6 is 0 Å². The largest absolute Gasteiger partial charge is 0.505 e. The van der Waals surface area contributed by atoms with Crippen molar-refractivity contribution in [3.63, 3.8) is 0 Å². The van der Waals surface area contributed by atoms with Crippen molar-refractivity contribution in [3.05, 3.63) is 54.6 Å². The first-order chi connectivity index (χ1) is 16.6. The first-order valence-electron chi connectivity index (χ1n) is 9.54. The van der Waals surface area contributed by atoms with E-state index >= 15 is 0 Å². The van der Waals surface area contributed by atoms with E-state index in [2.05, 4.69) is 10.2 Å². The lowest BCUT2D eigenvalue weighted by atomic mass is 10.1. The Bertz CT molecular complexity index is 1940. The van der Waals surface area contributed by atoms with Crippen LogP contribution in [0.5, 0.6) is 5.75 Å². The lowest BCUT2D eigenvalue weighted by Gasteiger charge is -2.12. The Morgan fingerprint density at radius 3 is 2.00 bits per heavy atom. The molecule has 4 rings (SSSR count). The minimum absolute atomic E-state index is 0.0798. The summed E-state index contributed by atoms with van der Waals surface area (Å²) in [5.74, 6) is -0.947. The lowest BCUT2D eigenvalue weighted by molar-refractivity contribution is 0.472. The predicted octanol–water partition coefficient (Wildman–Crippen LogP) is 3.44. The van der Waals surface area contributed by atoms with Crippen LogP contribution in [0.25, 0.3) is 21.5 Å². The summed E-state index contributed by atoms with van der Waals surface area (Å²) in [5.41, 5.74) is 4.12. The summed E-state index contributed by atoms with van der Waals surface area (Å²) in [6.45, 7) is 0. The summed E-state index contributed by atoms with van der Waals surface area (Å²) in [7, 11) is -14.7. The highest BCUT2D eigenvalue weighted by Gasteiger charge is 2.25. The quantitative estimate of drug-likeness (QED) is 0.136. The molecular formula is C20H15N3O10S3. The molecule has 0 heterocycles. The van der Waals surface area contributed by atoms with Crippen molar-refractivity contribution in [2.45, 2.75) is 14.7 Å². The van der Waals surface area contributed by atoms with Gasteiger partial charge in [-0.25, -0.2) is 0 Å². The third-order valence-electron chi connectivity index (χ3n) is 5.10. The SMILES string of the molecule is Nc1cc(S(=O)(=O)O)cc2cc(S(=O)(=O)O)c(N=Nc3ccc4ccccc4c3S(=O)(=O)O)c(O)c12. The maximum absolute atomic E-state index is 12.1. The average Bonchev–Trinajstić information content (AvgIpc) is 2.75. The molecule has 188 valence electrons. The van der Waals surface area contributed by atoms with Gasteiger partial charge in [0.25, 0.3) is 30.4 Å². The molecule has 0 aliphatic heterocycles. The van der Waals surface area contributed by atoms with E-state index in [4.69, 9.17) is 5.73 Å². The number of rotatable bonds is 5. The standard InChI is InChI=1S/C20H15N3O10S3/c21-14-9-12(34(25,26)27)7-11-8-16(35(28,29)30)18(19(24)17(11)14)23-22-15-6-5-10-3-1-2-4-13(10)20(15)36(31,32)33/h1-9,24H,21H2,(H,25,26,27)(H,28,29,30)(H,31,32,33). The first-order valence-corrected chi connectivity index (χ1v) is 13.9. The van der Waals surface area contributed by atoms with Gasteiger partial charge >= 0.3 is 0 Å². The molecule has 0 amide bonds. The fraction of sp³-hybridized carbons (Fsp3) is 0. The van der Waals surface area contributed by atoms with Gasteiger partial charge in [-0.3, -0.25) is 13.7 Å². The molecule has 0 fully saturated rings. The third-order valence-corrected chi connectivity index (χ3v) is 7.75. The van der Waals surface area contributed by atoms with Crippen molar-refractivity contribution in [1.29, 1.82) is 0 Å². The van der Waals surface area contributed by atoms with Crippen LogP contribution in [0.1, 0.15) is 0 Å². The third kappa shape index (κ3) is 4.60. The van der Waals surface area contributed by atoms with Crippen LogP contribution in [0, 0.1) is 0 Å². The van der Waals surface area contributed by atoms with Crippen molar-refractivity contribution in [1.82, 2.24) is 0 Å². The fourth-order valence-electron chi connectivity index (χ4n) is 3.62. The number of phenols is 1. The number of benzene rings is 4. The van der Waals surface area contributed by atoms with E-state index in [1.54, 1.807) is 12.1 Å².